The number of aliphatic hydroxyl groups excluding tert-OH is 2. The second-order valence-electron chi connectivity index (χ2n) is 9.04. The van der Waals surface area contributed by atoms with Crippen LogP contribution in [-0.2, 0) is 27.3 Å². The summed E-state index contributed by atoms with van der Waals surface area (Å²) in [6.45, 7) is 5.00. The van der Waals surface area contributed by atoms with Gasteiger partial charge in [-0.25, -0.2) is 9.10 Å². The second-order valence-corrected chi connectivity index (χ2v) is 10.2. The number of carbonyl (C=O) groups excluding carboxylic acids is 2. The van der Waals surface area contributed by atoms with E-state index in [0.717, 1.165) is 16.5 Å². The lowest BCUT2D eigenvalue weighted by Gasteiger charge is -2.46. The molecular weight excluding hydrogens is 440 g/mol. The number of benzene rings is 2. The zero-order valence-electron chi connectivity index (χ0n) is 18.9. The van der Waals surface area contributed by atoms with Gasteiger partial charge in [0.05, 0.1) is 25.2 Å². The van der Waals surface area contributed by atoms with Gasteiger partial charge in [0.25, 0.3) is 0 Å². The van der Waals surface area contributed by atoms with Crippen LogP contribution < -0.4 is 0 Å². The Morgan fingerprint density at radius 3 is 2.76 bits per heavy atom. The summed E-state index contributed by atoms with van der Waals surface area (Å²) in [6, 6.07) is 10.2. The zero-order valence-corrected chi connectivity index (χ0v) is 19.8. The maximum absolute atomic E-state index is 12.7. The molecule has 174 valence electrons. The Kier molecular flexibility index (Phi) is 5.73. The van der Waals surface area contributed by atoms with Gasteiger partial charge in [-0.3, -0.25) is 4.79 Å². The molecule has 2 N–H and O–H groups in total. The number of fused-ring (bicyclic) bond motifs is 4. The average molecular weight is 469 g/mol. The first-order chi connectivity index (χ1) is 15.9. The lowest BCUT2D eigenvalue weighted by molar-refractivity contribution is -0.163. The van der Waals surface area contributed by atoms with E-state index < -0.39 is 18.0 Å². The Morgan fingerprint density at radius 1 is 1.27 bits per heavy atom. The molecule has 0 bridgehead atoms. The van der Waals surface area contributed by atoms with Crippen LogP contribution in [0.5, 0.6) is 0 Å². The Labute approximate surface area is 197 Å². The number of ether oxygens (including phenoxy) is 1. The highest BCUT2D eigenvalue weighted by Gasteiger charge is 2.60. The van der Waals surface area contributed by atoms with E-state index in [0.29, 0.717) is 25.2 Å². The second kappa shape index (κ2) is 8.43. The smallest absolute Gasteiger partial charge is 0.354 e. The van der Waals surface area contributed by atoms with Crippen molar-refractivity contribution in [3.63, 3.8) is 0 Å². The van der Waals surface area contributed by atoms with Gasteiger partial charge < -0.3 is 19.8 Å². The third kappa shape index (κ3) is 3.39. The molecule has 2 aromatic carbocycles. The van der Waals surface area contributed by atoms with Crippen LogP contribution in [0.4, 0.5) is 0 Å². The Bertz CT molecular complexity index is 1180. The van der Waals surface area contributed by atoms with E-state index in [1.165, 1.54) is 27.9 Å². The SMILES string of the molecule is COC(=O)C1=C(CN2Cc3c(ccc4c(CCO)cccc34)S2)C(C)C2C(C(C)O)C(=O)N12. The molecular formula is C25H28N2O5S. The number of aliphatic hydroxyl groups is 2. The van der Waals surface area contributed by atoms with E-state index in [1.54, 1.807) is 18.9 Å². The maximum atomic E-state index is 12.7. The molecule has 3 aliphatic rings. The van der Waals surface area contributed by atoms with Crippen LogP contribution in [0.25, 0.3) is 10.8 Å². The predicted octanol–water partition coefficient (Wildman–Crippen LogP) is 2.48. The molecule has 2 aromatic rings. The lowest BCUT2D eigenvalue weighted by atomic mass is 9.78. The van der Waals surface area contributed by atoms with Crippen molar-refractivity contribution in [2.75, 3.05) is 20.3 Å². The summed E-state index contributed by atoms with van der Waals surface area (Å²) in [7, 11) is 1.33. The highest BCUT2D eigenvalue weighted by Crippen LogP contribution is 2.49. The van der Waals surface area contributed by atoms with Gasteiger partial charge in [-0.2, -0.15) is 0 Å². The fraction of sp³-hybridized carbons (Fsp3) is 0.440. The number of rotatable bonds is 6. The predicted molar refractivity (Wildman–Crippen MR) is 125 cm³/mol. The first-order valence-corrected chi connectivity index (χ1v) is 12.0. The lowest BCUT2D eigenvalue weighted by Crippen LogP contribution is -2.63. The van der Waals surface area contributed by atoms with E-state index in [1.807, 2.05) is 13.0 Å². The van der Waals surface area contributed by atoms with Gasteiger partial charge in [-0.1, -0.05) is 31.2 Å². The molecule has 4 unspecified atom stereocenters. The fourth-order valence-electron chi connectivity index (χ4n) is 5.62. The summed E-state index contributed by atoms with van der Waals surface area (Å²) in [4.78, 5) is 28.1. The average Bonchev–Trinajstić information content (AvgIpc) is 3.31. The summed E-state index contributed by atoms with van der Waals surface area (Å²) in [5.41, 5.74) is 3.59. The van der Waals surface area contributed by atoms with Crippen LogP contribution in [0.3, 0.4) is 0 Å². The molecule has 0 saturated carbocycles. The minimum atomic E-state index is -0.760. The summed E-state index contributed by atoms with van der Waals surface area (Å²) in [5, 5.41) is 21.9. The van der Waals surface area contributed by atoms with E-state index in [-0.39, 0.29) is 24.5 Å². The van der Waals surface area contributed by atoms with Crippen molar-refractivity contribution in [2.45, 2.75) is 43.9 Å². The highest BCUT2D eigenvalue weighted by atomic mass is 32.2. The van der Waals surface area contributed by atoms with E-state index in [9.17, 15) is 19.8 Å². The van der Waals surface area contributed by atoms with Gasteiger partial charge in [0, 0.05) is 30.5 Å². The van der Waals surface area contributed by atoms with Crippen LogP contribution in [0, 0.1) is 11.8 Å². The number of methoxy groups -OCH3 is 1. The molecule has 0 spiro atoms. The molecule has 5 rings (SSSR count). The van der Waals surface area contributed by atoms with Crippen molar-refractivity contribution in [1.82, 2.24) is 9.21 Å². The number of hydrogen-bond donors (Lipinski definition) is 2. The summed E-state index contributed by atoms with van der Waals surface area (Å²) < 4.78 is 7.24. The van der Waals surface area contributed by atoms with Crippen molar-refractivity contribution in [3.8, 4) is 0 Å². The zero-order chi connectivity index (χ0) is 23.4. The number of amides is 1. The quantitative estimate of drug-likeness (QED) is 0.382. The number of carbonyl (C=O) groups is 2. The van der Waals surface area contributed by atoms with Crippen molar-refractivity contribution < 1.29 is 24.5 Å². The number of esters is 1. The summed E-state index contributed by atoms with van der Waals surface area (Å²) in [6.07, 6.45) is -0.139. The molecule has 0 aromatic heterocycles. The minimum Gasteiger partial charge on any atom is -0.464 e. The van der Waals surface area contributed by atoms with Crippen molar-refractivity contribution >= 4 is 34.6 Å². The van der Waals surface area contributed by atoms with Gasteiger partial charge in [0.15, 0.2) is 0 Å². The van der Waals surface area contributed by atoms with Gasteiger partial charge in [0.1, 0.15) is 5.70 Å². The molecule has 7 nitrogen and oxygen atoms in total. The minimum absolute atomic E-state index is 0.0476. The van der Waals surface area contributed by atoms with E-state index >= 15 is 0 Å². The van der Waals surface area contributed by atoms with Gasteiger partial charge in [-0.05, 0) is 58.8 Å². The molecule has 33 heavy (non-hydrogen) atoms. The normalized spacial score (nSPS) is 25.3. The molecule has 1 saturated heterocycles. The molecule has 3 aliphatic heterocycles. The van der Waals surface area contributed by atoms with E-state index in [4.69, 9.17) is 4.74 Å². The molecule has 0 aliphatic carbocycles. The fourth-order valence-corrected chi connectivity index (χ4v) is 6.71. The third-order valence-corrected chi connectivity index (χ3v) is 8.30. The Hall–Kier alpha value is -2.39. The third-order valence-electron chi connectivity index (χ3n) is 7.20. The monoisotopic (exact) mass is 468 g/mol. The summed E-state index contributed by atoms with van der Waals surface area (Å²) in [5.74, 6) is -1.25. The molecule has 4 atom stereocenters. The maximum Gasteiger partial charge on any atom is 0.354 e. The van der Waals surface area contributed by atoms with Crippen LogP contribution in [0.15, 0.2) is 46.5 Å². The molecule has 3 heterocycles. The van der Waals surface area contributed by atoms with E-state index in [2.05, 4.69) is 28.6 Å². The Morgan fingerprint density at radius 2 is 2.06 bits per heavy atom. The first-order valence-electron chi connectivity index (χ1n) is 11.3. The summed E-state index contributed by atoms with van der Waals surface area (Å²) >= 11 is 1.66. The van der Waals surface area contributed by atoms with Crippen LogP contribution in [0.2, 0.25) is 0 Å². The van der Waals surface area contributed by atoms with Crippen LogP contribution in [0.1, 0.15) is 25.0 Å². The van der Waals surface area contributed by atoms with Crippen molar-refractivity contribution in [1.29, 1.82) is 0 Å². The molecule has 1 amide bonds. The number of nitrogens with zero attached hydrogens (tertiary/aromatic N) is 2. The van der Waals surface area contributed by atoms with Crippen molar-refractivity contribution in [3.05, 3.63) is 52.7 Å². The number of hydrogen-bond acceptors (Lipinski definition) is 7. The van der Waals surface area contributed by atoms with Gasteiger partial charge in [-0.15, -0.1) is 0 Å². The standard InChI is InChI=1S/C25H28N2O5S/c1-13-18(23(25(31)32-3)27-22(13)21(14(2)29)24(27)30)11-26-12-19-17-6-4-5-15(9-10-28)16(17)7-8-20(19)33-26/h4-8,13-14,21-22,28-29H,9-12H2,1-3H3. The topological polar surface area (TPSA) is 90.3 Å². The first kappa shape index (κ1) is 22.4. The Balaban J connectivity index is 1.45. The molecule has 8 heteroatoms. The van der Waals surface area contributed by atoms with Gasteiger partial charge in [0.2, 0.25) is 5.91 Å². The van der Waals surface area contributed by atoms with Crippen LogP contribution >= 0.6 is 11.9 Å². The van der Waals surface area contributed by atoms with Crippen molar-refractivity contribution in [2.24, 2.45) is 11.8 Å². The molecule has 1 fully saturated rings. The number of β-lactam (4-membered cyclic amide) rings is 1. The van der Waals surface area contributed by atoms with Crippen LogP contribution in [-0.4, -0.2) is 63.7 Å². The highest BCUT2D eigenvalue weighted by molar-refractivity contribution is 7.97. The molecule has 0 radical (unpaired) electrons. The largest absolute Gasteiger partial charge is 0.464 e. The van der Waals surface area contributed by atoms with Gasteiger partial charge >= 0.3 is 5.97 Å².